The molecule has 4 rings (SSSR count). The van der Waals surface area contributed by atoms with Crippen LogP contribution < -0.4 is 15.4 Å². The highest BCUT2D eigenvalue weighted by Gasteiger charge is 2.18. The quantitative estimate of drug-likeness (QED) is 0.302. The van der Waals surface area contributed by atoms with E-state index in [0.717, 1.165) is 0 Å². The molecule has 1 aromatic carbocycles. The number of nitrogens with zero attached hydrogens (tertiary/aromatic N) is 4. The Morgan fingerprint density at radius 3 is 2.51 bits per heavy atom. The van der Waals surface area contributed by atoms with Gasteiger partial charge in [-0.15, -0.1) is 0 Å². The number of hydrogen-bond acceptors (Lipinski definition) is 8. The van der Waals surface area contributed by atoms with E-state index in [1.165, 1.54) is 18.4 Å². The summed E-state index contributed by atoms with van der Waals surface area (Å²) in [5, 5.41) is 15.5. The van der Waals surface area contributed by atoms with E-state index < -0.39 is 12.1 Å². The summed E-state index contributed by atoms with van der Waals surface area (Å²) in [4.78, 5) is 30.7. The van der Waals surface area contributed by atoms with Crippen molar-refractivity contribution in [1.29, 1.82) is 0 Å². The molecule has 1 atom stereocenters. The van der Waals surface area contributed by atoms with Crippen LogP contribution in [0.5, 0.6) is 5.75 Å². The lowest BCUT2D eigenvalue weighted by molar-refractivity contribution is 0.229. The van der Waals surface area contributed by atoms with Gasteiger partial charge >= 0.3 is 6.03 Å². The summed E-state index contributed by atoms with van der Waals surface area (Å²) in [6.45, 7) is 1.51. The van der Waals surface area contributed by atoms with Crippen LogP contribution in [0, 0.1) is 0 Å². The van der Waals surface area contributed by atoms with Gasteiger partial charge in [0.25, 0.3) is 0 Å². The van der Waals surface area contributed by atoms with E-state index in [1.54, 1.807) is 49.6 Å². The van der Waals surface area contributed by atoms with Crippen LogP contribution in [-0.2, 0) is 0 Å². The Hall–Kier alpha value is -3.31. The minimum Gasteiger partial charge on any atom is -0.497 e. The second-order valence-electron chi connectivity index (χ2n) is 7.35. The van der Waals surface area contributed by atoms with Crippen LogP contribution in [0.1, 0.15) is 6.92 Å². The first kappa shape index (κ1) is 24.8. The summed E-state index contributed by atoms with van der Waals surface area (Å²) in [5.41, 5.74) is 2.13. The standard InChI is InChI=1S/C23H20Cl2N6O3S/c1-12(11-32)28-22(33)31-23-27-10-19(35-23)17-9-18(20-14(24)7-13(34-2)8-15(20)25)30-21(29-17)16-5-3-4-6-26-16/h3-10,12,32H,11H2,1-2H3,(H2,27,28,31,33)/t12-/m0/s1. The molecule has 2 amide bonds. The summed E-state index contributed by atoms with van der Waals surface area (Å²) < 4.78 is 5.25. The lowest BCUT2D eigenvalue weighted by Crippen LogP contribution is -2.38. The molecule has 9 nitrogen and oxygen atoms in total. The zero-order valence-corrected chi connectivity index (χ0v) is 20.9. The van der Waals surface area contributed by atoms with Gasteiger partial charge in [0.05, 0.1) is 46.1 Å². The normalized spacial score (nSPS) is 11.7. The number of nitrogens with one attached hydrogen (secondary N) is 2. The average molecular weight is 531 g/mol. The third kappa shape index (κ3) is 5.85. The van der Waals surface area contributed by atoms with Crippen molar-refractivity contribution in [1.82, 2.24) is 25.3 Å². The van der Waals surface area contributed by atoms with E-state index >= 15 is 0 Å². The summed E-state index contributed by atoms with van der Waals surface area (Å²) >= 11 is 14.3. The number of carbonyl (C=O) groups excluding carboxylic acids is 1. The van der Waals surface area contributed by atoms with Crippen molar-refractivity contribution in [3.05, 3.63) is 58.8 Å². The van der Waals surface area contributed by atoms with Crippen LogP contribution >= 0.6 is 34.5 Å². The van der Waals surface area contributed by atoms with Crippen LogP contribution in [0.4, 0.5) is 9.93 Å². The fourth-order valence-corrected chi connectivity index (χ4v) is 4.51. The van der Waals surface area contributed by atoms with E-state index in [4.69, 9.17) is 33.0 Å². The zero-order valence-electron chi connectivity index (χ0n) is 18.6. The molecule has 180 valence electrons. The van der Waals surface area contributed by atoms with E-state index in [9.17, 15) is 4.79 Å². The molecule has 0 aliphatic heterocycles. The molecule has 0 aliphatic rings. The number of aliphatic hydroxyl groups excluding tert-OH is 1. The van der Waals surface area contributed by atoms with Crippen molar-refractivity contribution in [3.8, 4) is 39.1 Å². The predicted octanol–water partition coefficient (Wildman–Crippen LogP) is 5.15. The minimum absolute atomic E-state index is 0.174. The van der Waals surface area contributed by atoms with Gasteiger partial charge in [-0.05, 0) is 37.3 Å². The van der Waals surface area contributed by atoms with Gasteiger partial charge in [0.15, 0.2) is 11.0 Å². The number of halogens is 2. The average Bonchev–Trinajstić information content (AvgIpc) is 3.32. The highest BCUT2D eigenvalue weighted by atomic mass is 35.5. The third-order valence-electron chi connectivity index (χ3n) is 4.76. The fraction of sp³-hybridized carbons (Fsp3) is 0.174. The second-order valence-corrected chi connectivity index (χ2v) is 9.20. The molecular formula is C23H20Cl2N6O3S. The molecule has 12 heteroatoms. The number of aliphatic hydroxyl groups is 1. The number of amides is 2. The Morgan fingerprint density at radius 2 is 1.86 bits per heavy atom. The van der Waals surface area contributed by atoms with Gasteiger partial charge in [-0.25, -0.2) is 19.7 Å². The largest absolute Gasteiger partial charge is 0.497 e. The van der Waals surface area contributed by atoms with Crippen molar-refractivity contribution in [2.75, 3.05) is 19.0 Å². The first-order chi connectivity index (χ1) is 16.9. The first-order valence-electron chi connectivity index (χ1n) is 10.4. The fourth-order valence-electron chi connectivity index (χ4n) is 3.08. The number of pyridine rings is 1. The first-order valence-corrected chi connectivity index (χ1v) is 11.9. The number of benzene rings is 1. The highest BCUT2D eigenvalue weighted by Crippen LogP contribution is 2.39. The molecule has 0 aliphatic carbocycles. The maximum absolute atomic E-state index is 12.1. The molecule has 0 saturated carbocycles. The number of aromatic nitrogens is 4. The highest BCUT2D eigenvalue weighted by molar-refractivity contribution is 7.19. The molecule has 0 saturated heterocycles. The van der Waals surface area contributed by atoms with E-state index in [0.29, 0.717) is 54.3 Å². The van der Waals surface area contributed by atoms with E-state index in [-0.39, 0.29) is 6.61 Å². The molecule has 3 N–H and O–H groups in total. The maximum Gasteiger partial charge on any atom is 0.321 e. The van der Waals surface area contributed by atoms with Gasteiger partial charge in [-0.3, -0.25) is 10.3 Å². The number of anilines is 1. The molecule has 0 fully saturated rings. The summed E-state index contributed by atoms with van der Waals surface area (Å²) in [6.07, 6.45) is 3.25. The monoisotopic (exact) mass is 530 g/mol. The van der Waals surface area contributed by atoms with Crippen LogP contribution in [0.15, 0.2) is 48.8 Å². The van der Waals surface area contributed by atoms with E-state index in [2.05, 4.69) is 30.6 Å². The SMILES string of the molecule is COc1cc(Cl)c(-c2cc(-c3cnc(NC(=O)N[C@@H](C)CO)s3)nc(-c3ccccn3)n2)c(Cl)c1. The van der Waals surface area contributed by atoms with Gasteiger partial charge in [0, 0.05) is 18.0 Å². The number of rotatable bonds is 7. The number of hydrogen-bond donors (Lipinski definition) is 3. The summed E-state index contributed by atoms with van der Waals surface area (Å²) in [7, 11) is 1.53. The maximum atomic E-state index is 12.1. The smallest absolute Gasteiger partial charge is 0.321 e. The molecule has 0 radical (unpaired) electrons. The van der Waals surface area contributed by atoms with Gasteiger partial charge in [-0.2, -0.15) is 0 Å². The molecule has 3 aromatic heterocycles. The number of carbonyl (C=O) groups is 1. The van der Waals surface area contributed by atoms with Crippen molar-refractivity contribution in [2.24, 2.45) is 0 Å². The molecule has 3 heterocycles. The Morgan fingerprint density at radius 1 is 1.11 bits per heavy atom. The van der Waals surface area contributed by atoms with Crippen LogP contribution in [0.2, 0.25) is 10.0 Å². The van der Waals surface area contributed by atoms with Crippen LogP contribution in [0.25, 0.3) is 33.3 Å². The molecular weight excluding hydrogens is 511 g/mol. The van der Waals surface area contributed by atoms with Gasteiger partial charge in [0.2, 0.25) is 0 Å². The minimum atomic E-state index is -0.471. The van der Waals surface area contributed by atoms with Crippen molar-refractivity contribution in [3.63, 3.8) is 0 Å². The third-order valence-corrected chi connectivity index (χ3v) is 6.29. The van der Waals surface area contributed by atoms with Crippen molar-refractivity contribution in [2.45, 2.75) is 13.0 Å². The number of urea groups is 1. The number of ether oxygens (including phenoxy) is 1. The summed E-state index contributed by atoms with van der Waals surface area (Å²) in [5.74, 6) is 0.897. The molecule has 0 bridgehead atoms. The number of methoxy groups -OCH3 is 1. The van der Waals surface area contributed by atoms with Crippen LogP contribution in [-0.4, -0.2) is 50.8 Å². The number of thiazole rings is 1. The Balaban J connectivity index is 1.76. The Labute approximate surface area is 215 Å². The topological polar surface area (TPSA) is 122 Å². The Bertz CT molecular complexity index is 1330. The van der Waals surface area contributed by atoms with Crippen molar-refractivity contribution >= 4 is 45.7 Å². The van der Waals surface area contributed by atoms with Gasteiger partial charge in [-0.1, -0.05) is 40.6 Å². The Kier molecular flexibility index (Phi) is 7.76. The zero-order chi connectivity index (χ0) is 24.9. The van der Waals surface area contributed by atoms with E-state index in [1.807, 2.05) is 6.07 Å². The van der Waals surface area contributed by atoms with Crippen molar-refractivity contribution < 1.29 is 14.6 Å². The van der Waals surface area contributed by atoms with Gasteiger partial charge in [0.1, 0.15) is 11.4 Å². The summed E-state index contributed by atoms with van der Waals surface area (Å²) in [6, 6.07) is 9.64. The van der Waals surface area contributed by atoms with Crippen LogP contribution in [0.3, 0.4) is 0 Å². The second kappa shape index (κ2) is 11.0. The molecule has 35 heavy (non-hydrogen) atoms. The predicted molar refractivity (Wildman–Crippen MR) is 137 cm³/mol. The lowest BCUT2D eigenvalue weighted by atomic mass is 10.1. The van der Waals surface area contributed by atoms with Gasteiger partial charge < -0.3 is 15.2 Å². The molecule has 0 unspecified atom stereocenters. The lowest BCUT2D eigenvalue weighted by Gasteiger charge is -2.12. The molecule has 4 aromatic rings. The molecule has 0 spiro atoms.